The van der Waals surface area contributed by atoms with E-state index in [0.29, 0.717) is 12.1 Å². The van der Waals surface area contributed by atoms with Gasteiger partial charge < -0.3 is 4.90 Å². The first-order valence-electron chi connectivity index (χ1n) is 8.85. The SMILES string of the molecule is CCN(CC)CCNS(=O)(=O)c1cc(S(=O)(=O)c2ccccc2)ccc1C. The summed E-state index contributed by atoms with van der Waals surface area (Å²) in [5.74, 6) is 0. The Hall–Kier alpha value is -1.74. The number of rotatable bonds is 9. The monoisotopic (exact) mass is 410 g/mol. The van der Waals surface area contributed by atoms with Gasteiger partial charge in [-0.2, -0.15) is 0 Å². The Labute approximate surface area is 162 Å². The molecular weight excluding hydrogens is 384 g/mol. The molecule has 0 aliphatic heterocycles. The van der Waals surface area contributed by atoms with Crippen molar-refractivity contribution in [2.45, 2.75) is 35.5 Å². The fourth-order valence-electron chi connectivity index (χ4n) is 2.73. The molecule has 0 fully saturated rings. The van der Waals surface area contributed by atoms with Crippen LogP contribution in [-0.4, -0.2) is 47.9 Å². The van der Waals surface area contributed by atoms with Crippen molar-refractivity contribution < 1.29 is 16.8 Å². The van der Waals surface area contributed by atoms with Crippen LogP contribution in [0, 0.1) is 6.92 Å². The van der Waals surface area contributed by atoms with Gasteiger partial charge in [0, 0.05) is 13.1 Å². The number of likely N-dealkylation sites (N-methyl/N-ethyl adjacent to an activating group) is 1. The predicted octanol–water partition coefficient (Wildman–Crippen LogP) is 2.45. The van der Waals surface area contributed by atoms with Gasteiger partial charge in [-0.1, -0.05) is 38.1 Å². The van der Waals surface area contributed by atoms with E-state index in [9.17, 15) is 16.8 Å². The standard InChI is InChI=1S/C19H26N2O4S2/c1-4-21(5-2)14-13-20-27(24,25)19-15-18(12-11-16(19)3)26(22,23)17-9-7-6-8-10-17/h6-12,15,20H,4-5,13-14H2,1-3H3. The molecule has 0 saturated heterocycles. The fraction of sp³-hybridized carbons (Fsp3) is 0.368. The molecule has 0 radical (unpaired) electrons. The molecule has 1 N–H and O–H groups in total. The number of aryl methyl sites for hydroxylation is 1. The van der Waals surface area contributed by atoms with E-state index in [4.69, 9.17) is 0 Å². The van der Waals surface area contributed by atoms with E-state index in [1.54, 1.807) is 25.1 Å². The van der Waals surface area contributed by atoms with Crippen molar-refractivity contribution in [2.75, 3.05) is 26.2 Å². The van der Waals surface area contributed by atoms with Crippen LogP contribution in [0.2, 0.25) is 0 Å². The van der Waals surface area contributed by atoms with E-state index >= 15 is 0 Å². The number of sulfonamides is 1. The zero-order valence-corrected chi connectivity index (χ0v) is 17.5. The number of nitrogens with one attached hydrogen (secondary N) is 1. The average Bonchev–Trinajstić information content (AvgIpc) is 2.66. The van der Waals surface area contributed by atoms with Gasteiger partial charge in [-0.05, 0) is 49.8 Å². The molecule has 0 amide bonds. The van der Waals surface area contributed by atoms with Gasteiger partial charge in [0.05, 0.1) is 14.7 Å². The Kier molecular flexibility index (Phi) is 7.16. The van der Waals surface area contributed by atoms with Crippen LogP contribution in [0.5, 0.6) is 0 Å². The van der Waals surface area contributed by atoms with Crippen molar-refractivity contribution in [1.29, 1.82) is 0 Å². The van der Waals surface area contributed by atoms with Crippen LogP contribution in [0.15, 0.2) is 63.2 Å². The summed E-state index contributed by atoms with van der Waals surface area (Å²) in [6.07, 6.45) is 0. The molecule has 0 atom stereocenters. The molecule has 0 aliphatic rings. The summed E-state index contributed by atoms with van der Waals surface area (Å²) < 4.78 is 53.5. The number of hydrogen-bond donors (Lipinski definition) is 1. The van der Waals surface area contributed by atoms with Gasteiger partial charge in [-0.15, -0.1) is 0 Å². The van der Waals surface area contributed by atoms with E-state index in [0.717, 1.165) is 13.1 Å². The lowest BCUT2D eigenvalue weighted by Crippen LogP contribution is -2.35. The van der Waals surface area contributed by atoms with Gasteiger partial charge in [-0.3, -0.25) is 0 Å². The second kappa shape index (κ2) is 8.97. The lowest BCUT2D eigenvalue weighted by atomic mass is 10.2. The zero-order valence-electron chi connectivity index (χ0n) is 15.8. The van der Waals surface area contributed by atoms with Crippen molar-refractivity contribution >= 4 is 19.9 Å². The largest absolute Gasteiger partial charge is 0.303 e. The first kappa shape index (κ1) is 21.6. The third kappa shape index (κ3) is 5.16. The Balaban J connectivity index is 2.32. The van der Waals surface area contributed by atoms with Crippen LogP contribution in [0.1, 0.15) is 19.4 Å². The molecule has 6 nitrogen and oxygen atoms in total. The lowest BCUT2D eigenvalue weighted by Gasteiger charge is -2.18. The average molecular weight is 411 g/mol. The van der Waals surface area contributed by atoms with E-state index in [1.165, 1.54) is 30.3 Å². The van der Waals surface area contributed by atoms with Crippen molar-refractivity contribution in [3.8, 4) is 0 Å². The number of nitrogens with zero attached hydrogens (tertiary/aromatic N) is 1. The maximum atomic E-state index is 12.8. The van der Waals surface area contributed by atoms with Crippen LogP contribution in [-0.2, 0) is 19.9 Å². The molecule has 27 heavy (non-hydrogen) atoms. The Morgan fingerprint density at radius 1 is 0.889 bits per heavy atom. The lowest BCUT2D eigenvalue weighted by molar-refractivity contribution is 0.309. The second-order valence-corrected chi connectivity index (χ2v) is 9.85. The maximum absolute atomic E-state index is 12.8. The van der Waals surface area contributed by atoms with Crippen molar-refractivity contribution in [2.24, 2.45) is 0 Å². The van der Waals surface area contributed by atoms with Gasteiger partial charge in [0.2, 0.25) is 19.9 Å². The second-order valence-electron chi connectivity index (χ2n) is 6.17. The molecular formula is C19H26N2O4S2. The summed E-state index contributed by atoms with van der Waals surface area (Å²) in [7, 11) is -7.59. The highest BCUT2D eigenvalue weighted by Gasteiger charge is 2.23. The van der Waals surface area contributed by atoms with Crippen LogP contribution in [0.4, 0.5) is 0 Å². The van der Waals surface area contributed by atoms with Crippen molar-refractivity contribution in [3.05, 3.63) is 54.1 Å². The fourth-order valence-corrected chi connectivity index (χ4v) is 5.40. The Morgan fingerprint density at radius 3 is 2.11 bits per heavy atom. The summed E-state index contributed by atoms with van der Waals surface area (Å²) in [5.41, 5.74) is 0.498. The van der Waals surface area contributed by atoms with Gasteiger partial charge >= 0.3 is 0 Å². The minimum atomic E-state index is -3.81. The normalized spacial score (nSPS) is 12.4. The molecule has 148 valence electrons. The number of benzene rings is 2. The number of hydrogen-bond acceptors (Lipinski definition) is 5. The maximum Gasteiger partial charge on any atom is 0.240 e. The van der Waals surface area contributed by atoms with Crippen molar-refractivity contribution in [1.82, 2.24) is 9.62 Å². The van der Waals surface area contributed by atoms with E-state index in [1.807, 2.05) is 13.8 Å². The van der Waals surface area contributed by atoms with Gasteiger partial charge in [-0.25, -0.2) is 21.6 Å². The summed E-state index contributed by atoms with van der Waals surface area (Å²) >= 11 is 0. The molecule has 0 aliphatic carbocycles. The quantitative estimate of drug-likeness (QED) is 0.686. The minimum Gasteiger partial charge on any atom is -0.303 e. The molecule has 2 aromatic rings. The summed E-state index contributed by atoms with van der Waals surface area (Å²) in [5, 5.41) is 0. The van der Waals surface area contributed by atoms with Crippen LogP contribution >= 0.6 is 0 Å². The van der Waals surface area contributed by atoms with E-state index < -0.39 is 19.9 Å². The summed E-state index contributed by atoms with van der Waals surface area (Å²) in [4.78, 5) is 2.18. The molecule has 2 rings (SSSR count). The van der Waals surface area contributed by atoms with E-state index in [-0.39, 0.29) is 21.2 Å². The molecule has 2 aromatic carbocycles. The first-order valence-corrected chi connectivity index (χ1v) is 11.8. The van der Waals surface area contributed by atoms with Crippen LogP contribution in [0.25, 0.3) is 0 Å². The summed E-state index contributed by atoms with van der Waals surface area (Å²) in [6, 6.07) is 12.2. The topological polar surface area (TPSA) is 83.6 Å². The first-order chi connectivity index (χ1) is 12.7. The van der Waals surface area contributed by atoms with Crippen LogP contribution in [0.3, 0.4) is 0 Å². The molecule has 8 heteroatoms. The zero-order chi connectivity index (χ0) is 20.1. The van der Waals surface area contributed by atoms with Gasteiger partial charge in [0.15, 0.2) is 0 Å². The van der Waals surface area contributed by atoms with E-state index in [2.05, 4.69) is 9.62 Å². The Morgan fingerprint density at radius 2 is 1.52 bits per heavy atom. The molecule has 0 saturated carbocycles. The molecule has 0 spiro atoms. The van der Waals surface area contributed by atoms with Gasteiger partial charge in [0.25, 0.3) is 0 Å². The van der Waals surface area contributed by atoms with Crippen LogP contribution < -0.4 is 4.72 Å². The highest BCUT2D eigenvalue weighted by molar-refractivity contribution is 7.91. The Bertz CT molecular complexity index is 968. The molecule has 0 heterocycles. The molecule has 0 unspecified atom stereocenters. The summed E-state index contributed by atoms with van der Waals surface area (Å²) in [6.45, 7) is 8.20. The van der Waals surface area contributed by atoms with Crippen molar-refractivity contribution in [3.63, 3.8) is 0 Å². The predicted molar refractivity (Wildman–Crippen MR) is 106 cm³/mol. The smallest absolute Gasteiger partial charge is 0.240 e. The molecule has 0 bridgehead atoms. The minimum absolute atomic E-state index is 0.0148. The molecule has 0 aromatic heterocycles. The third-order valence-corrected chi connectivity index (χ3v) is 7.80. The highest BCUT2D eigenvalue weighted by Crippen LogP contribution is 2.25. The van der Waals surface area contributed by atoms with Gasteiger partial charge in [0.1, 0.15) is 0 Å². The third-order valence-electron chi connectivity index (χ3n) is 4.43. The number of sulfone groups is 1. The highest BCUT2D eigenvalue weighted by atomic mass is 32.2.